The molecule has 0 aromatic heterocycles. The van der Waals surface area contributed by atoms with Gasteiger partial charge in [-0.3, -0.25) is 10.1 Å². The molecule has 0 aliphatic carbocycles. The number of hydrogen-bond acceptors (Lipinski definition) is 4. The minimum atomic E-state index is -0.388. The highest BCUT2D eigenvalue weighted by atomic mass is 16.6. The van der Waals surface area contributed by atoms with Crippen molar-refractivity contribution in [2.75, 3.05) is 33.4 Å². The zero-order chi connectivity index (χ0) is 18.2. The maximum absolute atomic E-state index is 10.7. The molecule has 2 rings (SSSR count). The van der Waals surface area contributed by atoms with Crippen molar-refractivity contribution in [2.24, 2.45) is 16.8 Å². The minimum Gasteiger partial charge on any atom is -0.383 e. The van der Waals surface area contributed by atoms with Gasteiger partial charge in [0.05, 0.1) is 18.1 Å². The second kappa shape index (κ2) is 9.36. The van der Waals surface area contributed by atoms with E-state index in [0.29, 0.717) is 31.5 Å². The van der Waals surface area contributed by atoms with Crippen LogP contribution in [0.25, 0.3) is 0 Å². The van der Waals surface area contributed by atoms with E-state index >= 15 is 0 Å². The first-order valence-corrected chi connectivity index (χ1v) is 8.75. The number of nitro benzene ring substituents is 1. The Bertz CT molecular complexity index is 578. The van der Waals surface area contributed by atoms with E-state index in [0.717, 1.165) is 24.6 Å². The summed E-state index contributed by atoms with van der Waals surface area (Å²) in [5.74, 6) is 2.16. The van der Waals surface area contributed by atoms with Crippen LogP contribution < -0.4 is 5.32 Å². The number of likely N-dealkylation sites (tertiary alicyclic amines) is 1. The van der Waals surface area contributed by atoms with Crippen LogP contribution in [-0.2, 0) is 11.3 Å². The van der Waals surface area contributed by atoms with E-state index in [9.17, 15) is 10.1 Å². The lowest BCUT2D eigenvalue weighted by atomic mass is 9.92. The molecule has 138 valence electrons. The van der Waals surface area contributed by atoms with Crippen molar-refractivity contribution in [3.05, 3.63) is 39.9 Å². The Kier molecular flexibility index (Phi) is 7.18. The average molecular weight is 348 g/mol. The molecule has 2 atom stereocenters. The number of benzene rings is 1. The molecular weight excluding hydrogens is 320 g/mol. The molecule has 0 amide bonds. The third kappa shape index (κ3) is 6.01. The Morgan fingerprint density at radius 3 is 2.52 bits per heavy atom. The zero-order valence-corrected chi connectivity index (χ0v) is 15.3. The highest BCUT2D eigenvalue weighted by molar-refractivity contribution is 5.80. The van der Waals surface area contributed by atoms with Crippen molar-refractivity contribution in [1.29, 1.82) is 0 Å². The van der Waals surface area contributed by atoms with Gasteiger partial charge in [0.2, 0.25) is 0 Å². The largest absolute Gasteiger partial charge is 0.383 e. The molecule has 7 nitrogen and oxygen atoms in total. The maximum Gasteiger partial charge on any atom is 0.269 e. The van der Waals surface area contributed by atoms with Crippen LogP contribution in [0.5, 0.6) is 0 Å². The summed E-state index contributed by atoms with van der Waals surface area (Å²) >= 11 is 0. The number of guanidine groups is 1. The molecular formula is C18H28N4O3. The number of non-ortho nitro benzene ring substituents is 1. The third-order valence-electron chi connectivity index (χ3n) is 4.32. The second-order valence-electron chi connectivity index (χ2n) is 6.83. The van der Waals surface area contributed by atoms with Crippen molar-refractivity contribution >= 4 is 11.6 Å². The molecule has 1 N–H and O–H groups in total. The molecule has 1 fully saturated rings. The Balaban J connectivity index is 2.07. The first-order valence-electron chi connectivity index (χ1n) is 8.75. The predicted molar refractivity (Wildman–Crippen MR) is 98.6 cm³/mol. The molecule has 0 radical (unpaired) electrons. The SMILES string of the molecule is COCCNC(=NCc1ccc([N+](=O)[O-])cc1)N1CC(C)CC(C)C1. The lowest BCUT2D eigenvalue weighted by Crippen LogP contribution is -2.49. The Morgan fingerprint density at radius 2 is 1.96 bits per heavy atom. The molecule has 1 aliphatic rings. The number of hydrogen-bond donors (Lipinski definition) is 1. The molecule has 0 spiro atoms. The molecule has 0 bridgehead atoms. The van der Waals surface area contributed by atoms with E-state index in [1.165, 1.54) is 18.6 Å². The fourth-order valence-corrected chi connectivity index (χ4v) is 3.26. The zero-order valence-electron chi connectivity index (χ0n) is 15.3. The molecule has 1 aliphatic heterocycles. The number of nitrogens with zero attached hydrogens (tertiary/aromatic N) is 3. The van der Waals surface area contributed by atoms with Gasteiger partial charge in [-0.1, -0.05) is 26.0 Å². The van der Waals surface area contributed by atoms with Crippen LogP contribution in [-0.4, -0.2) is 49.1 Å². The number of nitro groups is 1. The summed E-state index contributed by atoms with van der Waals surface area (Å²) < 4.78 is 5.12. The number of rotatable bonds is 6. The van der Waals surface area contributed by atoms with E-state index in [-0.39, 0.29) is 10.6 Å². The first-order chi connectivity index (χ1) is 12.0. The topological polar surface area (TPSA) is 80.0 Å². The van der Waals surface area contributed by atoms with Crippen molar-refractivity contribution in [1.82, 2.24) is 10.2 Å². The molecule has 0 saturated carbocycles. The standard InChI is InChI=1S/C18H28N4O3/c1-14-10-15(2)13-21(12-14)18(19-8-9-25-3)20-11-16-4-6-17(7-5-16)22(23)24/h4-7,14-15H,8-13H2,1-3H3,(H,19,20). The summed E-state index contributed by atoms with van der Waals surface area (Å²) in [5, 5.41) is 14.1. The number of aliphatic imine (C=N–C) groups is 1. The molecule has 2 unspecified atom stereocenters. The van der Waals surface area contributed by atoms with Gasteiger partial charge in [0.25, 0.3) is 5.69 Å². The van der Waals surface area contributed by atoms with Crippen molar-refractivity contribution in [3.63, 3.8) is 0 Å². The van der Waals surface area contributed by atoms with Crippen molar-refractivity contribution in [3.8, 4) is 0 Å². The van der Waals surface area contributed by atoms with Gasteiger partial charge in [-0.2, -0.15) is 0 Å². The molecule has 25 heavy (non-hydrogen) atoms. The van der Waals surface area contributed by atoms with Gasteiger partial charge in [0.15, 0.2) is 5.96 Å². The summed E-state index contributed by atoms with van der Waals surface area (Å²) in [5.41, 5.74) is 1.06. The highest BCUT2D eigenvalue weighted by Crippen LogP contribution is 2.21. The van der Waals surface area contributed by atoms with Crippen molar-refractivity contribution in [2.45, 2.75) is 26.8 Å². The Hall–Kier alpha value is -2.15. The van der Waals surface area contributed by atoms with Crippen LogP contribution >= 0.6 is 0 Å². The van der Waals surface area contributed by atoms with Gasteiger partial charge in [0, 0.05) is 38.9 Å². The fourth-order valence-electron chi connectivity index (χ4n) is 3.26. The van der Waals surface area contributed by atoms with Crippen LogP contribution in [0.3, 0.4) is 0 Å². The molecule has 7 heteroatoms. The van der Waals surface area contributed by atoms with Crippen LogP contribution in [0, 0.1) is 22.0 Å². The summed E-state index contributed by atoms with van der Waals surface area (Å²) in [7, 11) is 1.68. The third-order valence-corrected chi connectivity index (χ3v) is 4.32. The van der Waals surface area contributed by atoms with Crippen LogP contribution in [0.2, 0.25) is 0 Å². The number of ether oxygens (including phenoxy) is 1. The van der Waals surface area contributed by atoms with Crippen LogP contribution in [0.15, 0.2) is 29.3 Å². The van der Waals surface area contributed by atoms with Gasteiger partial charge in [-0.15, -0.1) is 0 Å². The monoisotopic (exact) mass is 348 g/mol. The van der Waals surface area contributed by atoms with Gasteiger partial charge < -0.3 is 15.0 Å². The van der Waals surface area contributed by atoms with Gasteiger partial charge >= 0.3 is 0 Å². The van der Waals surface area contributed by atoms with E-state index in [2.05, 4.69) is 24.1 Å². The number of nitrogens with one attached hydrogen (secondary N) is 1. The summed E-state index contributed by atoms with van der Waals surface area (Å²) in [6.07, 6.45) is 1.24. The van der Waals surface area contributed by atoms with Gasteiger partial charge in [-0.05, 0) is 23.8 Å². The van der Waals surface area contributed by atoms with E-state index in [1.807, 2.05) is 0 Å². The first kappa shape index (κ1) is 19.2. The second-order valence-corrected chi connectivity index (χ2v) is 6.83. The fraction of sp³-hybridized carbons (Fsp3) is 0.611. The predicted octanol–water partition coefficient (Wildman–Crippen LogP) is 2.66. The summed E-state index contributed by atoms with van der Waals surface area (Å²) in [6.45, 7) is 8.33. The lowest BCUT2D eigenvalue weighted by Gasteiger charge is -2.37. The Labute approximate surface area is 149 Å². The molecule has 1 aromatic rings. The number of methoxy groups -OCH3 is 1. The highest BCUT2D eigenvalue weighted by Gasteiger charge is 2.24. The quantitative estimate of drug-likeness (QED) is 0.281. The smallest absolute Gasteiger partial charge is 0.269 e. The van der Waals surface area contributed by atoms with E-state index < -0.39 is 0 Å². The number of piperidine rings is 1. The molecule has 1 heterocycles. The van der Waals surface area contributed by atoms with Crippen molar-refractivity contribution < 1.29 is 9.66 Å². The minimum absolute atomic E-state index is 0.102. The van der Waals surface area contributed by atoms with Crippen LogP contribution in [0.1, 0.15) is 25.8 Å². The maximum atomic E-state index is 10.7. The van der Waals surface area contributed by atoms with Gasteiger partial charge in [0.1, 0.15) is 0 Å². The average Bonchev–Trinajstić information content (AvgIpc) is 2.57. The summed E-state index contributed by atoms with van der Waals surface area (Å²) in [4.78, 5) is 17.4. The van der Waals surface area contributed by atoms with E-state index in [1.54, 1.807) is 19.2 Å². The molecule has 1 aromatic carbocycles. The molecule has 1 saturated heterocycles. The normalized spacial score (nSPS) is 21.2. The van der Waals surface area contributed by atoms with Crippen LogP contribution in [0.4, 0.5) is 5.69 Å². The Morgan fingerprint density at radius 1 is 1.32 bits per heavy atom. The van der Waals surface area contributed by atoms with E-state index in [4.69, 9.17) is 9.73 Å². The lowest BCUT2D eigenvalue weighted by molar-refractivity contribution is -0.384. The van der Waals surface area contributed by atoms with Gasteiger partial charge in [-0.25, -0.2) is 4.99 Å². The summed E-state index contributed by atoms with van der Waals surface area (Å²) in [6, 6.07) is 6.56.